The van der Waals surface area contributed by atoms with Crippen LogP contribution in [0.2, 0.25) is 5.02 Å². The van der Waals surface area contributed by atoms with E-state index in [2.05, 4.69) is 30.5 Å². The molecule has 0 amide bonds. The van der Waals surface area contributed by atoms with Crippen molar-refractivity contribution in [3.05, 3.63) is 57.2 Å². The number of rotatable bonds is 4. The van der Waals surface area contributed by atoms with Gasteiger partial charge >= 0.3 is 6.18 Å². The second-order valence-corrected chi connectivity index (χ2v) is 7.13. The molecule has 0 saturated carbocycles. The van der Waals surface area contributed by atoms with Gasteiger partial charge in [-0.25, -0.2) is 9.55 Å². The maximum atomic E-state index is 13.6. The number of aromatic nitrogens is 6. The molecule has 32 heavy (non-hydrogen) atoms. The Morgan fingerprint density at radius 2 is 1.94 bits per heavy atom. The summed E-state index contributed by atoms with van der Waals surface area (Å²) in [6.07, 6.45) is -3.32. The van der Waals surface area contributed by atoms with Gasteiger partial charge in [-0.1, -0.05) is 17.7 Å². The highest BCUT2D eigenvalue weighted by Gasteiger charge is 2.34. The van der Waals surface area contributed by atoms with Crippen molar-refractivity contribution in [3.8, 4) is 5.82 Å². The van der Waals surface area contributed by atoms with E-state index >= 15 is 0 Å². The molecule has 10 nitrogen and oxygen atoms in total. The fourth-order valence-electron chi connectivity index (χ4n) is 3.20. The SMILES string of the molecule is C[C@H](Nc1nc(N)nc(N)c1Cl)c1nc2c(C(F)(F)F)cccc2c(=O)n1-c1ccn[nH]1. The highest BCUT2D eigenvalue weighted by molar-refractivity contribution is 6.35. The van der Waals surface area contributed by atoms with Gasteiger partial charge < -0.3 is 16.8 Å². The Hall–Kier alpha value is -3.87. The lowest BCUT2D eigenvalue weighted by atomic mass is 10.1. The topological polar surface area (TPSA) is 153 Å². The third-order valence-corrected chi connectivity index (χ3v) is 4.96. The highest BCUT2D eigenvalue weighted by Crippen LogP contribution is 2.34. The first-order valence-corrected chi connectivity index (χ1v) is 9.43. The molecule has 0 bridgehead atoms. The van der Waals surface area contributed by atoms with Gasteiger partial charge in [-0.2, -0.15) is 28.2 Å². The summed E-state index contributed by atoms with van der Waals surface area (Å²) in [4.78, 5) is 25.2. The summed E-state index contributed by atoms with van der Waals surface area (Å²) in [7, 11) is 0. The molecule has 3 aromatic heterocycles. The number of hydrogen-bond donors (Lipinski definition) is 4. The van der Waals surface area contributed by atoms with E-state index < -0.39 is 28.9 Å². The Morgan fingerprint density at radius 3 is 2.59 bits per heavy atom. The molecular formula is C18H15ClF3N9O. The van der Waals surface area contributed by atoms with E-state index in [1.807, 2.05) is 0 Å². The van der Waals surface area contributed by atoms with Crippen LogP contribution < -0.4 is 22.3 Å². The van der Waals surface area contributed by atoms with E-state index in [0.29, 0.717) is 0 Å². The van der Waals surface area contributed by atoms with E-state index in [9.17, 15) is 18.0 Å². The van der Waals surface area contributed by atoms with Crippen molar-refractivity contribution in [2.75, 3.05) is 16.8 Å². The third kappa shape index (κ3) is 3.66. The molecular weight excluding hydrogens is 451 g/mol. The van der Waals surface area contributed by atoms with Crippen LogP contribution >= 0.6 is 11.6 Å². The number of nitrogen functional groups attached to an aromatic ring is 2. The first-order valence-electron chi connectivity index (χ1n) is 9.05. The van der Waals surface area contributed by atoms with Crippen LogP contribution in [0.4, 0.5) is 30.8 Å². The molecule has 0 radical (unpaired) electrons. The molecule has 0 aliphatic carbocycles. The second-order valence-electron chi connectivity index (χ2n) is 6.75. The largest absolute Gasteiger partial charge is 0.418 e. The number of para-hydroxylation sites is 1. The molecule has 1 aromatic carbocycles. The highest BCUT2D eigenvalue weighted by atomic mass is 35.5. The molecule has 0 unspecified atom stereocenters. The standard InChI is InChI=1S/C18H15ClF3N9O/c1-7(26-14-11(19)13(23)28-17(24)29-14)15-27-12-8(3-2-4-9(12)18(20,21)22)16(32)31(15)10-5-6-25-30-10/h2-7H,1H3,(H,25,30)(H5,23,24,26,28,29)/t7-/m0/s1. The molecule has 4 aromatic rings. The van der Waals surface area contributed by atoms with Crippen molar-refractivity contribution >= 4 is 40.1 Å². The number of H-pyrrole nitrogens is 1. The number of anilines is 3. The van der Waals surface area contributed by atoms with Gasteiger partial charge in [-0.3, -0.25) is 9.89 Å². The third-order valence-electron chi connectivity index (χ3n) is 4.59. The second kappa shape index (κ2) is 7.67. The van der Waals surface area contributed by atoms with Crippen molar-refractivity contribution < 1.29 is 13.2 Å². The van der Waals surface area contributed by atoms with Gasteiger partial charge in [-0.05, 0) is 19.1 Å². The molecule has 0 saturated heterocycles. The van der Waals surface area contributed by atoms with Crippen LogP contribution in [-0.2, 0) is 6.18 Å². The zero-order valence-corrected chi connectivity index (χ0v) is 17.0. The fraction of sp³-hybridized carbons (Fsp3) is 0.167. The number of benzene rings is 1. The van der Waals surface area contributed by atoms with Crippen LogP contribution in [0.3, 0.4) is 0 Å². The predicted octanol–water partition coefficient (Wildman–Crippen LogP) is 2.91. The number of fused-ring (bicyclic) bond motifs is 1. The number of nitrogens with one attached hydrogen (secondary N) is 2. The van der Waals surface area contributed by atoms with Crippen LogP contribution in [0.15, 0.2) is 35.3 Å². The lowest BCUT2D eigenvalue weighted by molar-refractivity contribution is -0.136. The van der Waals surface area contributed by atoms with Crippen LogP contribution in [0.5, 0.6) is 0 Å². The Morgan fingerprint density at radius 1 is 1.19 bits per heavy atom. The molecule has 166 valence electrons. The Balaban J connectivity index is 1.97. The predicted molar refractivity (Wildman–Crippen MR) is 112 cm³/mol. The van der Waals surface area contributed by atoms with Crippen LogP contribution in [0.25, 0.3) is 16.7 Å². The van der Waals surface area contributed by atoms with E-state index in [-0.39, 0.29) is 39.6 Å². The smallest absolute Gasteiger partial charge is 0.382 e. The first-order chi connectivity index (χ1) is 15.1. The zero-order valence-electron chi connectivity index (χ0n) is 16.3. The van der Waals surface area contributed by atoms with Crippen LogP contribution in [-0.4, -0.2) is 29.7 Å². The number of nitrogens with zero attached hydrogens (tertiary/aromatic N) is 5. The van der Waals surface area contributed by atoms with Crippen LogP contribution in [0, 0.1) is 0 Å². The Labute approximate surface area is 182 Å². The lowest BCUT2D eigenvalue weighted by Crippen LogP contribution is -2.28. The van der Waals surface area contributed by atoms with Gasteiger partial charge in [0.15, 0.2) is 5.82 Å². The minimum atomic E-state index is -4.72. The maximum absolute atomic E-state index is 13.6. The summed E-state index contributed by atoms with van der Waals surface area (Å²) >= 11 is 6.13. The summed E-state index contributed by atoms with van der Waals surface area (Å²) in [6, 6.07) is 3.89. The zero-order chi connectivity index (χ0) is 23.2. The van der Waals surface area contributed by atoms with E-state index in [1.165, 1.54) is 18.3 Å². The molecule has 0 spiro atoms. The Kier molecular flexibility index (Phi) is 5.12. The summed E-state index contributed by atoms with van der Waals surface area (Å²) in [5.41, 5.74) is 9.06. The summed E-state index contributed by atoms with van der Waals surface area (Å²) in [5, 5.41) is 9.06. The van der Waals surface area contributed by atoms with Crippen molar-refractivity contribution in [1.29, 1.82) is 0 Å². The Bertz CT molecular complexity index is 1370. The number of aromatic amines is 1. The molecule has 4 rings (SSSR count). The van der Waals surface area contributed by atoms with Gasteiger partial charge in [0.1, 0.15) is 22.5 Å². The van der Waals surface area contributed by atoms with Crippen molar-refractivity contribution in [3.63, 3.8) is 0 Å². The summed E-state index contributed by atoms with van der Waals surface area (Å²) < 4.78 is 41.9. The lowest BCUT2D eigenvalue weighted by Gasteiger charge is -2.21. The van der Waals surface area contributed by atoms with Gasteiger partial charge in [0, 0.05) is 6.07 Å². The quantitative estimate of drug-likeness (QED) is 0.359. The van der Waals surface area contributed by atoms with E-state index in [0.717, 1.165) is 16.7 Å². The fourth-order valence-corrected chi connectivity index (χ4v) is 3.34. The van der Waals surface area contributed by atoms with Gasteiger partial charge in [0.25, 0.3) is 5.56 Å². The first kappa shape index (κ1) is 21.4. The minimum absolute atomic E-state index is 0.0266. The van der Waals surface area contributed by atoms with Crippen molar-refractivity contribution in [1.82, 2.24) is 29.7 Å². The number of halogens is 4. The molecule has 14 heteroatoms. The monoisotopic (exact) mass is 465 g/mol. The minimum Gasteiger partial charge on any atom is -0.382 e. The summed E-state index contributed by atoms with van der Waals surface area (Å²) in [5.74, 6) is -0.0867. The van der Waals surface area contributed by atoms with E-state index in [4.69, 9.17) is 23.1 Å². The molecule has 3 heterocycles. The molecule has 1 atom stereocenters. The molecule has 6 N–H and O–H groups in total. The maximum Gasteiger partial charge on any atom is 0.418 e. The van der Waals surface area contributed by atoms with Gasteiger partial charge in [-0.15, -0.1) is 0 Å². The number of alkyl halides is 3. The molecule has 0 aliphatic rings. The van der Waals surface area contributed by atoms with Crippen LogP contribution in [0.1, 0.15) is 24.4 Å². The molecule has 0 fully saturated rings. The number of hydrogen-bond acceptors (Lipinski definition) is 8. The normalized spacial score (nSPS) is 12.8. The van der Waals surface area contributed by atoms with E-state index in [1.54, 1.807) is 6.92 Å². The van der Waals surface area contributed by atoms with Crippen molar-refractivity contribution in [2.24, 2.45) is 0 Å². The van der Waals surface area contributed by atoms with Gasteiger partial charge in [0.05, 0.1) is 28.7 Å². The average Bonchev–Trinajstić information content (AvgIpc) is 3.24. The molecule has 0 aliphatic heterocycles. The van der Waals surface area contributed by atoms with Gasteiger partial charge in [0.2, 0.25) is 5.95 Å². The summed E-state index contributed by atoms with van der Waals surface area (Å²) in [6.45, 7) is 1.56. The average molecular weight is 466 g/mol. The number of nitrogens with two attached hydrogens (primary N) is 2. The van der Waals surface area contributed by atoms with Crippen molar-refractivity contribution in [2.45, 2.75) is 19.1 Å².